The zero-order valence-electron chi connectivity index (χ0n) is 11.0. The maximum absolute atomic E-state index is 8.75. The molecule has 0 bridgehead atoms. The van der Waals surface area contributed by atoms with Gasteiger partial charge in [0.15, 0.2) is 0 Å². The molecule has 1 rings (SSSR count). The summed E-state index contributed by atoms with van der Waals surface area (Å²) < 4.78 is 0. The van der Waals surface area contributed by atoms with Gasteiger partial charge in [0, 0.05) is 24.2 Å². The molecule has 1 aromatic carbocycles. The van der Waals surface area contributed by atoms with Crippen LogP contribution in [0.1, 0.15) is 30.9 Å². The Kier molecular flexibility index (Phi) is 7.28. The van der Waals surface area contributed by atoms with Gasteiger partial charge in [0.05, 0.1) is 0 Å². The van der Waals surface area contributed by atoms with Crippen LogP contribution in [-0.2, 0) is 0 Å². The van der Waals surface area contributed by atoms with Crippen LogP contribution in [0, 0.1) is 0 Å². The Labute approximate surface area is 115 Å². The summed E-state index contributed by atoms with van der Waals surface area (Å²) in [5.41, 5.74) is 7.02. The number of halogens is 1. The van der Waals surface area contributed by atoms with Crippen molar-refractivity contribution in [3.63, 3.8) is 0 Å². The first kappa shape index (κ1) is 15.4. The van der Waals surface area contributed by atoms with Gasteiger partial charge in [0.1, 0.15) is 0 Å². The fourth-order valence-electron chi connectivity index (χ4n) is 2.09. The summed E-state index contributed by atoms with van der Waals surface area (Å²) in [6, 6.07) is 8.08. The molecule has 0 saturated heterocycles. The van der Waals surface area contributed by atoms with E-state index < -0.39 is 0 Å². The second-order valence-electron chi connectivity index (χ2n) is 4.57. The summed E-state index contributed by atoms with van der Waals surface area (Å²) in [7, 11) is 2.08. The van der Waals surface area contributed by atoms with Crippen molar-refractivity contribution in [1.29, 1.82) is 0 Å². The average Bonchev–Trinajstić information content (AvgIpc) is 2.36. The largest absolute Gasteiger partial charge is 0.396 e. The van der Waals surface area contributed by atoms with Crippen LogP contribution in [0.4, 0.5) is 0 Å². The Morgan fingerprint density at radius 3 is 2.72 bits per heavy atom. The first-order valence-corrected chi connectivity index (χ1v) is 6.83. The van der Waals surface area contributed by atoms with Crippen LogP contribution in [0.3, 0.4) is 0 Å². The molecule has 3 nitrogen and oxygen atoms in total. The summed E-state index contributed by atoms with van der Waals surface area (Å²) in [5, 5.41) is 9.50. The van der Waals surface area contributed by atoms with Crippen molar-refractivity contribution in [3.8, 4) is 0 Å². The lowest BCUT2D eigenvalue weighted by molar-refractivity contribution is 0.236. The molecule has 1 atom stereocenters. The van der Waals surface area contributed by atoms with Crippen LogP contribution in [0.25, 0.3) is 0 Å². The molecule has 0 aromatic heterocycles. The predicted molar refractivity (Wildman–Crippen MR) is 76.8 cm³/mol. The highest BCUT2D eigenvalue weighted by atomic mass is 35.5. The molecule has 4 heteroatoms. The molecular weight excluding hydrogens is 248 g/mol. The van der Waals surface area contributed by atoms with E-state index in [1.807, 2.05) is 18.2 Å². The molecule has 0 aliphatic rings. The monoisotopic (exact) mass is 270 g/mol. The summed E-state index contributed by atoms with van der Waals surface area (Å²) in [5.74, 6) is 0. The number of hydrogen-bond donors (Lipinski definition) is 2. The molecule has 18 heavy (non-hydrogen) atoms. The molecule has 1 unspecified atom stereocenters. The van der Waals surface area contributed by atoms with Gasteiger partial charge in [0.25, 0.3) is 0 Å². The van der Waals surface area contributed by atoms with E-state index in [1.54, 1.807) is 0 Å². The number of likely N-dealkylation sites (N-methyl/N-ethyl adjacent to an activating group) is 1. The molecule has 0 aliphatic heterocycles. The molecule has 3 N–H and O–H groups in total. The number of unbranched alkanes of at least 4 members (excludes halogenated alkanes) is 2. The highest BCUT2D eigenvalue weighted by Crippen LogP contribution is 2.21. The van der Waals surface area contributed by atoms with Crippen molar-refractivity contribution in [2.45, 2.75) is 25.3 Å². The number of hydrogen-bond acceptors (Lipinski definition) is 3. The number of aliphatic hydroxyl groups is 1. The Morgan fingerprint density at radius 1 is 1.33 bits per heavy atom. The molecule has 0 saturated carbocycles. The lowest BCUT2D eigenvalue weighted by atomic mass is 10.1. The number of rotatable bonds is 8. The van der Waals surface area contributed by atoms with Gasteiger partial charge < -0.3 is 10.8 Å². The van der Waals surface area contributed by atoms with Crippen molar-refractivity contribution in [2.75, 3.05) is 26.7 Å². The quantitative estimate of drug-likeness (QED) is 0.714. The van der Waals surface area contributed by atoms with Gasteiger partial charge in [-0.2, -0.15) is 0 Å². The van der Waals surface area contributed by atoms with Crippen molar-refractivity contribution < 1.29 is 5.11 Å². The first-order chi connectivity index (χ1) is 8.69. The fraction of sp³-hybridized carbons (Fsp3) is 0.571. The third-order valence-electron chi connectivity index (χ3n) is 3.16. The Balaban J connectivity index is 2.54. The van der Waals surface area contributed by atoms with Gasteiger partial charge >= 0.3 is 0 Å². The summed E-state index contributed by atoms with van der Waals surface area (Å²) in [6.07, 6.45) is 3.00. The molecule has 1 aromatic rings. The normalized spacial score (nSPS) is 12.9. The number of aliphatic hydroxyl groups excluding tert-OH is 1. The van der Waals surface area contributed by atoms with E-state index in [0.717, 1.165) is 36.4 Å². The van der Waals surface area contributed by atoms with Gasteiger partial charge in [-0.3, -0.25) is 4.90 Å². The van der Waals surface area contributed by atoms with E-state index in [2.05, 4.69) is 18.0 Å². The van der Waals surface area contributed by atoms with Gasteiger partial charge in [0.2, 0.25) is 0 Å². The predicted octanol–water partition coefficient (Wildman–Crippen LogP) is 2.43. The lowest BCUT2D eigenvalue weighted by Gasteiger charge is -2.27. The smallest absolute Gasteiger partial charge is 0.0467 e. The Morgan fingerprint density at radius 2 is 2.11 bits per heavy atom. The van der Waals surface area contributed by atoms with Crippen molar-refractivity contribution in [3.05, 3.63) is 34.9 Å². The third-order valence-corrected chi connectivity index (χ3v) is 3.39. The van der Waals surface area contributed by atoms with E-state index in [-0.39, 0.29) is 12.6 Å². The maximum Gasteiger partial charge on any atom is 0.0467 e. The van der Waals surface area contributed by atoms with Gasteiger partial charge in [-0.1, -0.05) is 23.7 Å². The summed E-state index contributed by atoms with van der Waals surface area (Å²) in [4.78, 5) is 2.25. The van der Waals surface area contributed by atoms with Crippen LogP contribution < -0.4 is 5.73 Å². The number of benzene rings is 1. The van der Waals surface area contributed by atoms with Crippen molar-refractivity contribution in [1.82, 2.24) is 4.90 Å². The molecule has 0 spiro atoms. The third kappa shape index (κ3) is 4.94. The zero-order valence-corrected chi connectivity index (χ0v) is 11.7. The standard InChI is InChI=1S/C14H23ClN2O/c1-17(8-3-2-4-9-18)14(11-16)12-6-5-7-13(15)10-12/h5-7,10,14,18H,2-4,8-9,11,16H2,1H3. The molecule has 0 amide bonds. The van der Waals surface area contributed by atoms with Crippen LogP contribution in [-0.4, -0.2) is 36.8 Å². The highest BCUT2D eigenvalue weighted by Gasteiger charge is 2.15. The van der Waals surface area contributed by atoms with Gasteiger partial charge in [-0.15, -0.1) is 0 Å². The van der Waals surface area contributed by atoms with E-state index in [9.17, 15) is 0 Å². The van der Waals surface area contributed by atoms with Crippen molar-refractivity contribution >= 4 is 11.6 Å². The zero-order chi connectivity index (χ0) is 13.4. The number of nitrogens with two attached hydrogens (primary N) is 1. The Hall–Kier alpha value is -0.610. The van der Waals surface area contributed by atoms with Crippen LogP contribution in [0.15, 0.2) is 24.3 Å². The minimum absolute atomic E-state index is 0.206. The second kappa shape index (κ2) is 8.48. The Bertz CT molecular complexity index is 346. The van der Waals surface area contributed by atoms with Crippen LogP contribution >= 0.6 is 11.6 Å². The summed E-state index contributed by atoms with van der Waals surface area (Å²) >= 11 is 6.01. The van der Waals surface area contributed by atoms with Crippen molar-refractivity contribution in [2.24, 2.45) is 5.73 Å². The van der Waals surface area contributed by atoms with Gasteiger partial charge in [-0.25, -0.2) is 0 Å². The lowest BCUT2D eigenvalue weighted by Crippen LogP contribution is -2.31. The molecular formula is C14H23ClN2O. The van der Waals surface area contributed by atoms with E-state index in [0.29, 0.717) is 6.54 Å². The molecule has 0 fully saturated rings. The highest BCUT2D eigenvalue weighted by molar-refractivity contribution is 6.30. The average molecular weight is 271 g/mol. The fourth-order valence-corrected chi connectivity index (χ4v) is 2.29. The second-order valence-corrected chi connectivity index (χ2v) is 5.01. The molecule has 0 radical (unpaired) electrons. The summed E-state index contributed by atoms with van der Waals surface area (Å²) in [6.45, 7) is 1.84. The maximum atomic E-state index is 8.75. The topological polar surface area (TPSA) is 49.5 Å². The molecule has 0 heterocycles. The van der Waals surface area contributed by atoms with Crippen LogP contribution in [0.5, 0.6) is 0 Å². The van der Waals surface area contributed by atoms with E-state index in [4.69, 9.17) is 22.4 Å². The minimum atomic E-state index is 0.206. The first-order valence-electron chi connectivity index (χ1n) is 6.45. The minimum Gasteiger partial charge on any atom is -0.396 e. The molecule has 0 aliphatic carbocycles. The molecule has 102 valence electrons. The SMILES string of the molecule is CN(CCCCCO)C(CN)c1cccc(Cl)c1. The van der Waals surface area contributed by atoms with E-state index >= 15 is 0 Å². The van der Waals surface area contributed by atoms with E-state index in [1.165, 1.54) is 0 Å². The van der Waals surface area contributed by atoms with Gasteiger partial charge in [-0.05, 0) is 50.6 Å². The van der Waals surface area contributed by atoms with Crippen LogP contribution in [0.2, 0.25) is 5.02 Å². The number of nitrogens with zero attached hydrogens (tertiary/aromatic N) is 1.